The summed E-state index contributed by atoms with van der Waals surface area (Å²) in [7, 11) is 1.49. The molecule has 1 unspecified atom stereocenters. The van der Waals surface area contributed by atoms with Gasteiger partial charge in [0.1, 0.15) is 0 Å². The van der Waals surface area contributed by atoms with Crippen LogP contribution in [0.2, 0.25) is 0 Å². The third-order valence-corrected chi connectivity index (χ3v) is 5.46. The lowest BCUT2D eigenvalue weighted by molar-refractivity contribution is -0.164. The lowest BCUT2D eigenvalue weighted by Crippen LogP contribution is -2.61. The Labute approximate surface area is 136 Å². The zero-order chi connectivity index (χ0) is 16.5. The molecule has 1 aliphatic carbocycles. The van der Waals surface area contributed by atoms with E-state index in [0.29, 0.717) is 19.4 Å². The number of ether oxygens (including phenoxy) is 1. The third-order valence-electron chi connectivity index (χ3n) is 5.46. The van der Waals surface area contributed by atoms with E-state index < -0.39 is 16.9 Å². The van der Waals surface area contributed by atoms with Crippen LogP contribution >= 0.6 is 0 Å². The molecule has 1 saturated heterocycles. The average molecular weight is 317 g/mol. The van der Waals surface area contributed by atoms with Gasteiger partial charge in [-0.1, -0.05) is 36.8 Å². The van der Waals surface area contributed by atoms with E-state index in [1.165, 1.54) is 7.11 Å². The molecule has 1 atom stereocenters. The standard InChI is InChI=1S/C18H23NO4/c1-23-13-18(16(21)22)11-6-12-19(18)15(20)17(9-5-10-17)14-7-3-2-4-8-14/h2-4,7-8H,5-6,9-13H2,1H3,(H,21,22). The molecule has 1 heterocycles. The van der Waals surface area contributed by atoms with Crippen molar-refractivity contribution < 1.29 is 19.4 Å². The Morgan fingerprint density at radius 3 is 2.39 bits per heavy atom. The van der Waals surface area contributed by atoms with Crippen molar-refractivity contribution in [3.05, 3.63) is 35.9 Å². The van der Waals surface area contributed by atoms with Crippen LogP contribution in [-0.2, 0) is 19.7 Å². The minimum Gasteiger partial charge on any atom is -0.479 e. The third kappa shape index (κ3) is 2.34. The number of aliphatic carboxylic acids is 1. The first-order valence-corrected chi connectivity index (χ1v) is 8.17. The molecule has 0 bridgehead atoms. The van der Waals surface area contributed by atoms with Crippen molar-refractivity contribution in [3.63, 3.8) is 0 Å². The molecule has 5 heteroatoms. The summed E-state index contributed by atoms with van der Waals surface area (Å²) in [5, 5.41) is 9.77. The first-order valence-electron chi connectivity index (χ1n) is 8.17. The van der Waals surface area contributed by atoms with Gasteiger partial charge in [0.05, 0.1) is 12.0 Å². The van der Waals surface area contributed by atoms with Gasteiger partial charge >= 0.3 is 5.97 Å². The quantitative estimate of drug-likeness (QED) is 0.904. The molecule has 1 aromatic rings. The maximum atomic E-state index is 13.4. The summed E-state index contributed by atoms with van der Waals surface area (Å²) in [6.45, 7) is 0.530. The number of hydrogen-bond donors (Lipinski definition) is 1. The molecule has 1 aliphatic heterocycles. The highest BCUT2D eigenvalue weighted by Gasteiger charge is 2.56. The van der Waals surface area contributed by atoms with E-state index in [-0.39, 0.29) is 12.5 Å². The molecular formula is C18H23NO4. The number of methoxy groups -OCH3 is 1. The summed E-state index contributed by atoms with van der Waals surface area (Å²) in [5.74, 6) is -1.01. The zero-order valence-corrected chi connectivity index (χ0v) is 13.5. The summed E-state index contributed by atoms with van der Waals surface area (Å²) in [5.41, 5.74) is -0.775. The van der Waals surface area contributed by atoms with Crippen molar-refractivity contribution in [2.24, 2.45) is 0 Å². The number of hydrogen-bond acceptors (Lipinski definition) is 3. The predicted molar refractivity (Wildman–Crippen MR) is 85.2 cm³/mol. The predicted octanol–water partition coefficient (Wildman–Crippen LogP) is 2.20. The van der Waals surface area contributed by atoms with E-state index in [4.69, 9.17) is 4.74 Å². The summed E-state index contributed by atoms with van der Waals surface area (Å²) in [6.07, 6.45) is 3.72. The van der Waals surface area contributed by atoms with Crippen LogP contribution in [0, 0.1) is 0 Å². The van der Waals surface area contributed by atoms with E-state index in [9.17, 15) is 14.7 Å². The number of carbonyl (C=O) groups excluding carboxylic acids is 1. The van der Waals surface area contributed by atoms with Crippen LogP contribution in [0.1, 0.15) is 37.7 Å². The first kappa shape index (κ1) is 16.0. The number of rotatable bonds is 5. The lowest BCUT2D eigenvalue weighted by atomic mass is 9.63. The van der Waals surface area contributed by atoms with E-state index >= 15 is 0 Å². The molecule has 5 nitrogen and oxygen atoms in total. The minimum atomic E-state index is -1.22. The monoisotopic (exact) mass is 317 g/mol. The lowest BCUT2D eigenvalue weighted by Gasteiger charge is -2.46. The molecule has 124 valence electrons. The Morgan fingerprint density at radius 2 is 1.87 bits per heavy atom. The minimum absolute atomic E-state index is 0.0406. The Hall–Kier alpha value is -1.88. The van der Waals surface area contributed by atoms with Gasteiger partial charge in [0.25, 0.3) is 0 Å². The topological polar surface area (TPSA) is 66.8 Å². The Bertz CT molecular complexity index is 596. The van der Waals surface area contributed by atoms with Crippen molar-refractivity contribution >= 4 is 11.9 Å². The van der Waals surface area contributed by atoms with Gasteiger partial charge < -0.3 is 14.7 Å². The molecule has 2 fully saturated rings. The maximum absolute atomic E-state index is 13.4. The first-order chi connectivity index (χ1) is 11.1. The molecule has 1 N–H and O–H groups in total. The second kappa shape index (κ2) is 5.96. The van der Waals surface area contributed by atoms with Crippen molar-refractivity contribution in [1.82, 2.24) is 4.90 Å². The molecule has 0 radical (unpaired) electrons. The van der Waals surface area contributed by atoms with E-state index in [1.807, 2.05) is 30.3 Å². The van der Waals surface area contributed by atoms with Crippen molar-refractivity contribution in [2.45, 2.75) is 43.1 Å². The van der Waals surface area contributed by atoms with E-state index in [2.05, 4.69) is 0 Å². The fourth-order valence-corrected chi connectivity index (χ4v) is 4.02. The molecule has 0 aromatic heterocycles. The molecule has 1 saturated carbocycles. The molecule has 1 aromatic carbocycles. The Kier molecular flexibility index (Phi) is 4.15. The van der Waals surface area contributed by atoms with E-state index in [1.54, 1.807) is 4.90 Å². The van der Waals surface area contributed by atoms with Crippen LogP contribution in [0.4, 0.5) is 0 Å². The summed E-state index contributed by atoms with van der Waals surface area (Å²) in [4.78, 5) is 26.9. The normalized spacial score (nSPS) is 25.9. The van der Waals surface area contributed by atoms with Crippen LogP contribution in [0.25, 0.3) is 0 Å². The van der Waals surface area contributed by atoms with Crippen LogP contribution in [0.15, 0.2) is 30.3 Å². The van der Waals surface area contributed by atoms with Crippen molar-refractivity contribution in [1.29, 1.82) is 0 Å². The zero-order valence-electron chi connectivity index (χ0n) is 13.5. The van der Waals surface area contributed by atoms with Gasteiger partial charge in [-0.25, -0.2) is 4.79 Å². The summed E-state index contributed by atoms with van der Waals surface area (Å²) in [6, 6.07) is 9.76. The second-order valence-electron chi connectivity index (χ2n) is 6.63. The number of benzene rings is 1. The molecule has 1 amide bonds. The summed E-state index contributed by atoms with van der Waals surface area (Å²) < 4.78 is 5.17. The highest BCUT2D eigenvalue weighted by Crippen LogP contribution is 2.47. The Morgan fingerprint density at radius 1 is 1.17 bits per heavy atom. The van der Waals surface area contributed by atoms with Gasteiger partial charge in [-0.15, -0.1) is 0 Å². The van der Waals surface area contributed by atoms with Gasteiger partial charge in [-0.2, -0.15) is 0 Å². The number of carbonyl (C=O) groups is 2. The molecule has 23 heavy (non-hydrogen) atoms. The van der Waals surface area contributed by atoms with Gasteiger partial charge in [0.15, 0.2) is 5.54 Å². The van der Waals surface area contributed by atoms with Crippen LogP contribution in [-0.4, -0.2) is 47.7 Å². The van der Waals surface area contributed by atoms with Gasteiger partial charge in [0, 0.05) is 13.7 Å². The molecular weight excluding hydrogens is 294 g/mol. The highest BCUT2D eigenvalue weighted by molar-refractivity contribution is 5.94. The number of nitrogens with zero attached hydrogens (tertiary/aromatic N) is 1. The molecule has 3 rings (SSSR count). The van der Waals surface area contributed by atoms with Crippen LogP contribution in [0.5, 0.6) is 0 Å². The summed E-state index contributed by atoms with van der Waals surface area (Å²) >= 11 is 0. The smallest absolute Gasteiger partial charge is 0.332 e. The Balaban J connectivity index is 1.96. The maximum Gasteiger partial charge on any atom is 0.332 e. The largest absolute Gasteiger partial charge is 0.479 e. The number of likely N-dealkylation sites (tertiary alicyclic amines) is 1. The van der Waals surface area contributed by atoms with Crippen LogP contribution in [0.3, 0.4) is 0 Å². The highest BCUT2D eigenvalue weighted by atomic mass is 16.5. The fourth-order valence-electron chi connectivity index (χ4n) is 4.02. The number of carboxylic acids is 1. The number of amides is 1. The van der Waals surface area contributed by atoms with Gasteiger partial charge in [-0.05, 0) is 31.2 Å². The van der Waals surface area contributed by atoms with Gasteiger partial charge in [-0.3, -0.25) is 4.79 Å². The molecule has 0 spiro atoms. The van der Waals surface area contributed by atoms with Crippen LogP contribution < -0.4 is 0 Å². The van der Waals surface area contributed by atoms with Gasteiger partial charge in [0.2, 0.25) is 5.91 Å². The number of carboxylic acid groups (broad SMARTS) is 1. The fraction of sp³-hybridized carbons (Fsp3) is 0.556. The average Bonchev–Trinajstić information content (AvgIpc) is 2.92. The second-order valence-corrected chi connectivity index (χ2v) is 6.63. The van der Waals surface area contributed by atoms with E-state index in [0.717, 1.165) is 24.8 Å². The van der Waals surface area contributed by atoms with Crippen molar-refractivity contribution in [2.75, 3.05) is 20.3 Å². The SMILES string of the molecule is COCC1(C(=O)O)CCCN1C(=O)C1(c2ccccc2)CCC1. The molecule has 2 aliphatic rings. The van der Waals surface area contributed by atoms with Crippen molar-refractivity contribution in [3.8, 4) is 0 Å².